The van der Waals surface area contributed by atoms with Gasteiger partial charge < -0.3 is 0 Å². The number of carbonyl (C=O) groups excluding carboxylic acids is 2. The summed E-state index contributed by atoms with van der Waals surface area (Å²) in [6.45, 7) is 0.316. The Labute approximate surface area is 344 Å². The van der Waals surface area contributed by atoms with Crippen molar-refractivity contribution in [2.24, 2.45) is 0 Å². The molecule has 3 nitrogen and oxygen atoms in total. The number of carbonyl (C=O) groups is 2. The molecule has 272 valence electrons. The zero-order valence-electron chi connectivity index (χ0n) is 30.0. The van der Waals surface area contributed by atoms with Gasteiger partial charge in [-0.2, -0.15) is 0 Å². The maximum atomic E-state index is 13.1. The van der Waals surface area contributed by atoms with Crippen LogP contribution in [0, 0.1) is 0 Å². The van der Waals surface area contributed by atoms with Crippen LogP contribution in [0.25, 0.3) is 0 Å². The fourth-order valence-electron chi connectivity index (χ4n) is 7.20. The first kappa shape index (κ1) is 38.3. The number of fused-ring (bicyclic) bond motifs is 1. The van der Waals surface area contributed by atoms with E-state index in [1.54, 1.807) is 36.0 Å². The van der Waals surface area contributed by atoms with Crippen molar-refractivity contribution in [3.8, 4) is 0 Å². The molecular formula is C49H39Br2NO2S. The first-order valence-corrected chi connectivity index (χ1v) is 21.0. The van der Waals surface area contributed by atoms with Crippen LogP contribution < -0.4 is 0 Å². The summed E-state index contributed by atoms with van der Waals surface area (Å²) in [7, 11) is 0. The number of benzene rings is 7. The van der Waals surface area contributed by atoms with Crippen molar-refractivity contribution in [2.45, 2.75) is 14.3 Å². The minimum atomic E-state index is -0.527. The van der Waals surface area contributed by atoms with Crippen LogP contribution in [0.1, 0.15) is 54.1 Å². The first-order chi connectivity index (χ1) is 27.0. The second-order valence-corrected chi connectivity index (χ2v) is 16.5. The van der Waals surface area contributed by atoms with E-state index in [0.29, 0.717) is 23.0 Å². The number of halogens is 2. The molecule has 0 aromatic heterocycles. The molecule has 8 rings (SSSR count). The van der Waals surface area contributed by atoms with E-state index in [1.807, 2.05) is 36.4 Å². The number of nitrogens with zero attached hydrogens (tertiary/aromatic N) is 1. The molecule has 1 aliphatic heterocycles. The Morgan fingerprint density at radius 1 is 0.436 bits per heavy atom. The summed E-state index contributed by atoms with van der Waals surface area (Å²) < 4.78 is -0.836. The lowest BCUT2D eigenvalue weighted by atomic mass is 9.84. The maximum Gasteiger partial charge on any atom is 0.261 e. The van der Waals surface area contributed by atoms with Gasteiger partial charge in [-0.15, -0.1) is 11.8 Å². The topological polar surface area (TPSA) is 37.4 Å². The lowest BCUT2D eigenvalue weighted by molar-refractivity contribution is 0.0656. The van der Waals surface area contributed by atoms with Gasteiger partial charge in [-0.05, 0) is 45.5 Å². The Hall–Kier alpha value is -5.01. The molecule has 0 spiro atoms. The minimum absolute atomic E-state index is 0.0576. The number of imide groups is 1. The Kier molecular flexibility index (Phi) is 12.3. The normalized spacial score (nSPS) is 13.1. The molecule has 0 saturated heterocycles. The number of rotatable bonds is 11. The number of hydrogen-bond donors (Lipinski definition) is 0. The Morgan fingerprint density at radius 3 is 1.00 bits per heavy atom. The van der Waals surface area contributed by atoms with E-state index in [2.05, 4.69) is 177 Å². The van der Waals surface area contributed by atoms with Crippen molar-refractivity contribution in [2.75, 3.05) is 11.9 Å². The Bertz CT molecular complexity index is 2080. The average molecular weight is 866 g/mol. The van der Waals surface area contributed by atoms with Crippen molar-refractivity contribution in [1.29, 1.82) is 0 Å². The van der Waals surface area contributed by atoms with Gasteiger partial charge in [-0.1, -0.05) is 226 Å². The SMILES string of the molecule is BrC(c1ccccc1)(c1ccccc1)c1ccccc1.O=C1c2ccccc2C(=O)N1CC(CBr)SC(c1ccccc1)(c1ccccc1)c1ccccc1. The number of thioether (sulfide) groups is 1. The average Bonchev–Trinajstić information content (AvgIpc) is 3.51. The number of amides is 2. The van der Waals surface area contributed by atoms with Crippen LogP contribution in [0.5, 0.6) is 0 Å². The molecule has 0 N–H and O–H groups in total. The van der Waals surface area contributed by atoms with Gasteiger partial charge in [0, 0.05) is 17.1 Å². The van der Waals surface area contributed by atoms with Crippen LogP contribution in [-0.4, -0.2) is 33.8 Å². The van der Waals surface area contributed by atoms with E-state index < -0.39 is 4.75 Å². The van der Waals surface area contributed by atoms with Crippen LogP contribution in [-0.2, 0) is 9.07 Å². The maximum absolute atomic E-state index is 13.1. The van der Waals surface area contributed by atoms with E-state index in [1.165, 1.54) is 21.6 Å². The molecule has 6 heteroatoms. The van der Waals surface area contributed by atoms with Gasteiger partial charge in [0.05, 0.1) is 15.9 Å². The second kappa shape index (κ2) is 17.6. The molecular weight excluding hydrogens is 826 g/mol. The van der Waals surface area contributed by atoms with Gasteiger partial charge in [0.2, 0.25) is 0 Å². The van der Waals surface area contributed by atoms with Gasteiger partial charge in [-0.3, -0.25) is 14.5 Å². The molecule has 0 saturated carbocycles. The van der Waals surface area contributed by atoms with Crippen molar-refractivity contribution < 1.29 is 9.59 Å². The van der Waals surface area contributed by atoms with Gasteiger partial charge in [0.15, 0.2) is 0 Å². The third-order valence-corrected chi connectivity index (χ3v) is 14.1. The van der Waals surface area contributed by atoms with Crippen LogP contribution in [0.2, 0.25) is 0 Å². The highest BCUT2D eigenvalue weighted by Crippen LogP contribution is 2.51. The molecule has 55 heavy (non-hydrogen) atoms. The largest absolute Gasteiger partial charge is 0.273 e. The summed E-state index contributed by atoms with van der Waals surface area (Å²) in [5.41, 5.74) is 8.11. The van der Waals surface area contributed by atoms with Gasteiger partial charge in [0.25, 0.3) is 11.8 Å². The van der Waals surface area contributed by atoms with Crippen LogP contribution >= 0.6 is 43.6 Å². The molecule has 1 atom stereocenters. The van der Waals surface area contributed by atoms with E-state index in [9.17, 15) is 9.59 Å². The summed E-state index contributed by atoms with van der Waals surface area (Å²) in [5, 5.41) is 0.567. The minimum Gasteiger partial charge on any atom is -0.273 e. The Balaban J connectivity index is 0.000000197. The Morgan fingerprint density at radius 2 is 0.709 bits per heavy atom. The monoisotopic (exact) mass is 863 g/mol. The van der Waals surface area contributed by atoms with Gasteiger partial charge in [0.1, 0.15) is 4.32 Å². The predicted molar refractivity (Wildman–Crippen MR) is 234 cm³/mol. The smallest absolute Gasteiger partial charge is 0.261 e. The third kappa shape index (κ3) is 7.90. The zero-order valence-corrected chi connectivity index (χ0v) is 34.0. The quantitative estimate of drug-likeness (QED) is 0.0738. The summed E-state index contributed by atoms with van der Waals surface area (Å²) in [6, 6.07) is 70.0. The standard InChI is InChI=1S/C30H24BrNO2S.C19H15Br/c31-20-25(21-32-28(33)26-18-10-11-19-27(26)29(32)34)35-30(22-12-4-1-5-13-22,23-14-6-2-7-15-23)24-16-8-3-9-17-24;20-19(16-10-4-1-5-11-16,17-12-6-2-7-13-17)18-14-8-3-9-15-18/h1-19,25H,20-21H2;1-15H. The predicted octanol–water partition coefficient (Wildman–Crippen LogP) is 12.1. The van der Waals surface area contributed by atoms with Crippen molar-refractivity contribution in [3.05, 3.63) is 251 Å². The molecule has 1 aliphatic rings. The van der Waals surface area contributed by atoms with Crippen LogP contribution in [0.15, 0.2) is 206 Å². The van der Waals surface area contributed by atoms with Crippen molar-refractivity contribution in [3.63, 3.8) is 0 Å². The molecule has 1 unspecified atom stereocenters. The lowest BCUT2D eigenvalue weighted by Crippen LogP contribution is -2.39. The molecule has 2 amide bonds. The van der Waals surface area contributed by atoms with E-state index in [4.69, 9.17) is 0 Å². The fourth-order valence-corrected chi connectivity index (χ4v) is 10.2. The lowest BCUT2D eigenvalue weighted by Gasteiger charge is -2.38. The number of alkyl halides is 2. The third-order valence-electron chi connectivity index (χ3n) is 9.84. The van der Waals surface area contributed by atoms with Crippen molar-refractivity contribution >= 4 is 55.4 Å². The first-order valence-electron chi connectivity index (χ1n) is 18.2. The van der Waals surface area contributed by atoms with Gasteiger partial charge in [-0.25, -0.2) is 0 Å². The number of hydrogen-bond acceptors (Lipinski definition) is 3. The molecule has 0 fully saturated rings. The summed E-state index contributed by atoms with van der Waals surface area (Å²) >= 11 is 9.48. The van der Waals surface area contributed by atoms with Crippen LogP contribution in [0.3, 0.4) is 0 Å². The highest BCUT2D eigenvalue weighted by molar-refractivity contribution is 9.10. The fraction of sp³-hybridized carbons (Fsp3) is 0.102. The summed E-state index contributed by atoms with van der Waals surface area (Å²) in [5.74, 6) is -0.441. The van der Waals surface area contributed by atoms with E-state index >= 15 is 0 Å². The molecule has 1 heterocycles. The molecule has 7 aromatic carbocycles. The highest BCUT2D eigenvalue weighted by atomic mass is 79.9. The van der Waals surface area contributed by atoms with Crippen LogP contribution in [0.4, 0.5) is 0 Å². The highest BCUT2D eigenvalue weighted by Gasteiger charge is 2.42. The van der Waals surface area contributed by atoms with Gasteiger partial charge >= 0.3 is 0 Å². The van der Waals surface area contributed by atoms with E-state index in [0.717, 1.165) is 16.7 Å². The summed E-state index contributed by atoms with van der Waals surface area (Å²) in [6.07, 6.45) is 0. The summed E-state index contributed by atoms with van der Waals surface area (Å²) in [4.78, 5) is 27.6. The molecule has 7 aromatic rings. The molecule has 0 radical (unpaired) electrons. The molecule has 0 bridgehead atoms. The second-order valence-electron chi connectivity index (χ2n) is 13.2. The van der Waals surface area contributed by atoms with E-state index in [-0.39, 0.29) is 21.4 Å². The molecule has 0 aliphatic carbocycles. The zero-order chi connectivity index (χ0) is 38.1. The van der Waals surface area contributed by atoms with Crippen molar-refractivity contribution in [1.82, 2.24) is 4.90 Å².